The Morgan fingerprint density at radius 1 is 1.41 bits per heavy atom. The quantitative estimate of drug-likeness (QED) is 0.639. The van der Waals surface area contributed by atoms with Gasteiger partial charge in [-0.15, -0.1) is 6.58 Å². The minimum Gasteiger partial charge on any atom is -0.356 e. The van der Waals surface area contributed by atoms with Crippen LogP contribution in [0.1, 0.15) is 16.9 Å². The molecule has 1 aliphatic heterocycles. The SMILES string of the molecule is C=CCN1C=Cc2ccccc2C1P(=O)(O)O. The van der Waals surface area contributed by atoms with Crippen molar-refractivity contribution >= 4 is 13.7 Å². The maximum atomic E-state index is 11.6. The molecule has 1 aromatic carbocycles. The molecule has 1 heterocycles. The lowest BCUT2D eigenvalue weighted by Crippen LogP contribution is -2.26. The lowest BCUT2D eigenvalue weighted by Gasteiger charge is -2.34. The molecular formula is C12H14NO3P. The molecule has 1 unspecified atom stereocenters. The summed E-state index contributed by atoms with van der Waals surface area (Å²) in [7, 11) is -4.23. The third-order valence-corrected chi connectivity index (χ3v) is 3.90. The second-order valence-corrected chi connectivity index (χ2v) is 5.56. The Hall–Kier alpha value is -1.35. The van der Waals surface area contributed by atoms with Crippen molar-refractivity contribution < 1.29 is 14.4 Å². The Labute approximate surface area is 100 Å². The maximum absolute atomic E-state index is 11.6. The van der Waals surface area contributed by atoms with Crippen LogP contribution in [0.25, 0.3) is 6.08 Å². The van der Waals surface area contributed by atoms with Gasteiger partial charge in [0.25, 0.3) is 0 Å². The molecule has 0 spiro atoms. The summed E-state index contributed by atoms with van der Waals surface area (Å²) in [6.45, 7) is 4.00. The van der Waals surface area contributed by atoms with Crippen molar-refractivity contribution in [1.29, 1.82) is 0 Å². The van der Waals surface area contributed by atoms with Crippen LogP contribution in [0.15, 0.2) is 43.1 Å². The highest BCUT2D eigenvalue weighted by atomic mass is 31.2. The minimum atomic E-state index is -4.23. The predicted octanol–water partition coefficient (Wildman–Crippen LogP) is 2.34. The van der Waals surface area contributed by atoms with Gasteiger partial charge in [0.2, 0.25) is 0 Å². The molecule has 0 fully saturated rings. The lowest BCUT2D eigenvalue weighted by molar-refractivity contribution is 0.288. The molecule has 1 atom stereocenters. The molecule has 0 saturated carbocycles. The largest absolute Gasteiger partial charge is 0.356 e. The Bertz CT molecular complexity index is 506. The Morgan fingerprint density at radius 2 is 2.12 bits per heavy atom. The Balaban J connectivity index is 2.51. The summed E-state index contributed by atoms with van der Waals surface area (Å²) in [4.78, 5) is 20.6. The fraction of sp³-hybridized carbons (Fsp3) is 0.167. The minimum absolute atomic E-state index is 0.403. The van der Waals surface area contributed by atoms with Crippen LogP contribution in [0.4, 0.5) is 0 Å². The number of benzene rings is 1. The van der Waals surface area contributed by atoms with Gasteiger partial charge in [-0.1, -0.05) is 30.3 Å². The molecule has 2 rings (SSSR count). The molecule has 17 heavy (non-hydrogen) atoms. The van der Waals surface area contributed by atoms with Crippen LogP contribution in [0.5, 0.6) is 0 Å². The molecule has 0 aliphatic carbocycles. The Kier molecular flexibility index (Phi) is 3.20. The average Bonchev–Trinajstić information content (AvgIpc) is 2.27. The molecule has 5 heteroatoms. The Morgan fingerprint density at radius 3 is 2.76 bits per heavy atom. The second kappa shape index (κ2) is 4.49. The predicted molar refractivity (Wildman–Crippen MR) is 67.2 cm³/mol. The van der Waals surface area contributed by atoms with Crippen LogP contribution < -0.4 is 0 Å². The van der Waals surface area contributed by atoms with Gasteiger partial charge in [-0.2, -0.15) is 0 Å². The van der Waals surface area contributed by atoms with Crippen molar-refractivity contribution in [2.24, 2.45) is 0 Å². The average molecular weight is 251 g/mol. The van der Waals surface area contributed by atoms with Crippen LogP contribution in [0, 0.1) is 0 Å². The van der Waals surface area contributed by atoms with Crippen molar-refractivity contribution in [2.45, 2.75) is 5.78 Å². The van der Waals surface area contributed by atoms with E-state index >= 15 is 0 Å². The summed E-state index contributed by atoms with van der Waals surface area (Å²) in [5.74, 6) is -0.915. The molecule has 1 aromatic rings. The molecule has 2 N–H and O–H groups in total. The van der Waals surface area contributed by atoms with Crippen molar-refractivity contribution in [1.82, 2.24) is 4.90 Å². The summed E-state index contributed by atoms with van der Waals surface area (Å²) >= 11 is 0. The van der Waals surface area contributed by atoms with Crippen molar-refractivity contribution in [3.8, 4) is 0 Å². The van der Waals surface area contributed by atoms with Gasteiger partial charge < -0.3 is 14.7 Å². The fourth-order valence-electron chi connectivity index (χ4n) is 2.02. The molecule has 0 amide bonds. The van der Waals surface area contributed by atoms with Crippen LogP contribution in [-0.2, 0) is 4.57 Å². The molecule has 4 nitrogen and oxygen atoms in total. The van der Waals surface area contributed by atoms with Gasteiger partial charge in [0.05, 0.1) is 0 Å². The normalized spacial score (nSPS) is 18.9. The highest BCUT2D eigenvalue weighted by Gasteiger charge is 2.36. The van der Waals surface area contributed by atoms with Gasteiger partial charge in [-0.3, -0.25) is 4.57 Å². The van der Waals surface area contributed by atoms with Gasteiger partial charge >= 0.3 is 7.60 Å². The molecule has 0 aromatic heterocycles. The molecular weight excluding hydrogens is 237 g/mol. The van der Waals surface area contributed by atoms with E-state index < -0.39 is 13.4 Å². The second-order valence-electron chi connectivity index (χ2n) is 3.89. The first-order valence-corrected chi connectivity index (χ1v) is 6.91. The number of hydrogen-bond acceptors (Lipinski definition) is 2. The zero-order valence-electron chi connectivity index (χ0n) is 9.23. The zero-order chi connectivity index (χ0) is 12.5. The third-order valence-electron chi connectivity index (χ3n) is 2.69. The van der Waals surface area contributed by atoms with E-state index in [0.29, 0.717) is 12.1 Å². The van der Waals surface area contributed by atoms with Crippen LogP contribution in [-0.4, -0.2) is 21.2 Å². The first-order valence-electron chi connectivity index (χ1n) is 5.23. The maximum Gasteiger partial charge on any atom is 0.352 e. The van der Waals surface area contributed by atoms with Crippen LogP contribution in [0.2, 0.25) is 0 Å². The molecule has 1 aliphatic rings. The van der Waals surface area contributed by atoms with Gasteiger partial charge in [0, 0.05) is 12.7 Å². The number of fused-ring (bicyclic) bond motifs is 1. The highest BCUT2D eigenvalue weighted by molar-refractivity contribution is 7.52. The molecule has 0 radical (unpaired) electrons. The lowest BCUT2D eigenvalue weighted by atomic mass is 10.0. The van der Waals surface area contributed by atoms with Crippen LogP contribution in [0.3, 0.4) is 0 Å². The summed E-state index contributed by atoms with van der Waals surface area (Å²) in [5, 5.41) is 0. The topological polar surface area (TPSA) is 60.8 Å². The smallest absolute Gasteiger partial charge is 0.352 e. The summed E-state index contributed by atoms with van der Waals surface area (Å²) in [6.07, 6.45) is 5.18. The molecule has 0 saturated heterocycles. The summed E-state index contributed by atoms with van der Waals surface area (Å²) in [5.41, 5.74) is 1.51. The van der Waals surface area contributed by atoms with E-state index in [1.165, 1.54) is 0 Å². The van der Waals surface area contributed by atoms with Crippen molar-refractivity contribution in [3.05, 3.63) is 54.2 Å². The van der Waals surface area contributed by atoms with E-state index in [2.05, 4.69) is 6.58 Å². The first-order chi connectivity index (χ1) is 8.04. The number of nitrogens with zero attached hydrogens (tertiary/aromatic N) is 1. The van der Waals surface area contributed by atoms with E-state index in [4.69, 9.17) is 0 Å². The van der Waals surface area contributed by atoms with Crippen LogP contribution >= 0.6 is 7.60 Å². The van der Waals surface area contributed by atoms with Gasteiger partial charge in [0.15, 0.2) is 5.78 Å². The van der Waals surface area contributed by atoms with Crippen molar-refractivity contribution in [2.75, 3.05) is 6.54 Å². The monoisotopic (exact) mass is 251 g/mol. The van der Waals surface area contributed by atoms with Gasteiger partial charge in [-0.05, 0) is 17.2 Å². The standard InChI is InChI=1S/C12H14NO3P/c1-2-8-13-9-7-10-5-3-4-6-11(10)12(13)17(14,15)16/h2-7,9,12H,1,8H2,(H2,14,15,16). The van der Waals surface area contributed by atoms with E-state index in [1.54, 1.807) is 29.3 Å². The van der Waals surface area contributed by atoms with Gasteiger partial charge in [-0.25, -0.2) is 0 Å². The summed E-state index contributed by atoms with van der Waals surface area (Å²) < 4.78 is 11.6. The van der Waals surface area contributed by atoms with E-state index in [9.17, 15) is 14.4 Å². The first kappa shape index (κ1) is 12.1. The third kappa shape index (κ3) is 2.34. The molecule has 90 valence electrons. The molecule has 0 bridgehead atoms. The van der Waals surface area contributed by atoms with E-state index in [0.717, 1.165) is 5.56 Å². The highest BCUT2D eigenvalue weighted by Crippen LogP contribution is 2.55. The fourth-order valence-corrected chi connectivity index (χ4v) is 3.17. The summed E-state index contributed by atoms with van der Waals surface area (Å²) in [6, 6.07) is 7.23. The number of hydrogen-bond donors (Lipinski definition) is 2. The number of rotatable bonds is 3. The van der Waals surface area contributed by atoms with Gasteiger partial charge in [0.1, 0.15) is 0 Å². The van der Waals surface area contributed by atoms with E-state index in [-0.39, 0.29) is 0 Å². The zero-order valence-corrected chi connectivity index (χ0v) is 10.1. The van der Waals surface area contributed by atoms with E-state index in [1.807, 2.05) is 18.2 Å². The van der Waals surface area contributed by atoms with Crippen molar-refractivity contribution in [3.63, 3.8) is 0 Å².